The van der Waals surface area contributed by atoms with Crippen LogP contribution in [0.2, 0.25) is 0 Å². The molecule has 0 saturated carbocycles. The van der Waals surface area contributed by atoms with E-state index in [0.29, 0.717) is 29.1 Å². The van der Waals surface area contributed by atoms with Gasteiger partial charge in [0.05, 0.1) is 23.9 Å². The molecule has 0 radical (unpaired) electrons. The maximum atomic E-state index is 13.2. The number of hydrogen-bond acceptors (Lipinski definition) is 4. The molecule has 0 saturated heterocycles. The van der Waals surface area contributed by atoms with Crippen molar-refractivity contribution >= 4 is 5.78 Å². The summed E-state index contributed by atoms with van der Waals surface area (Å²) in [6.07, 6.45) is -11.1. The number of alkyl halides is 6. The fraction of sp³-hybridized carbons (Fsp3) is 0.261. The van der Waals surface area contributed by atoms with Gasteiger partial charge in [-0.3, -0.25) is 9.59 Å². The predicted molar refractivity (Wildman–Crippen MR) is 110 cm³/mol. The van der Waals surface area contributed by atoms with Gasteiger partial charge in [-0.1, -0.05) is 18.2 Å². The molecule has 34 heavy (non-hydrogen) atoms. The lowest BCUT2D eigenvalue weighted by Crippen LogP contribution is -2.31. The van der Waals surface area contributed by atoms with Crippen LogP contribution in [0.3, 0.4) is 0 Å². The molecule has 0 fully saturated rings. The Morgan fingerprint density at radius 1 is 0.971 bits per heavy atom. The quantitative estimate of drug-likeness (QED) is 0.444. The summed E-state index contributed by atoms with van der Waals surface area (Å²) >= 11 is 0. The zero-order chi connectivity index (χ0) is 25.3. The van der Waals surface area contributed by atoms with E-state index < -0.39 is 47.3 Å². The number of methoxy groups -OCH3 is 1. The monoisotopic (exact) mass is 484 g/mol. The van der Waals surface area contributed by atoms with Gasteiger partial charge in [0.25, 0.3) is 5.56 Å². The van der Waals surface area contributed by atoms with E-state index in [4.69, 9.17) is 4.74 Å². The SMILES string of the molecule is COc1cccc(-c2ccc(=O)n(C(C)C(=O)Cc3ccc(C(F)(F)F)c(C(F)(F)F)c3)n2)c1. The molecule has 2 aromatic carbocycles. The molecule has 0 aliphatic rings. The number of ether oxygens (including phenoxy) is 1. The molecule has 180 valence electrons. The molecular weight excluding hydrogens is 466 g/mol. The summed E-state index contributed by atoms with van der Waals surface area (Å²) in [7, 11) is 1.47. The second kappa shape index (κ2) is 9.32. The summed E-state index contributed by atoms with van der Waals surface area (Å²) in [6.45, 7) is 1.33. The number of aromatic nitrogens is 2. The van der Waals surface area contributed by atoms with Crippen molar-refractivity contribution < 1.29 is 35.9 Å². The normalized spacial score (nSPS) is 12.9. The Morgan fingerprint density at radius 2 is 1.65 bits per heavy atom. The maximum Gasteiger partial charge on any atom is 0.417 e. The Kier molecular flexibility index (Phi) is 6.85. The second-order valence-corrected chi connectivity index (χ2v) is 7.43. The number of rotatable bonds is 6. The lowest BCUT2D eigenvalue weighted by molar-refractivity contribution is -0.162. The number of halogens is 6. The van der Waals surface area contributed by atoms with E-state index in [1.807, 2.05) is 0 Å². The minimum absolute atomic E-state index is 0.269. The molecule has 1 unspecified atom stereocenters. The molecule has 0 aliphatic heterocycles. The number of benzene rings is 2. The van der Waals surface area contributed by atoms with Gasteiger partial charge < -0.3 is 4.74 Å². The van der Waals surface area contributed by atoms with E-state index in [-0.39, 0.29) is 5.56 Å². The minimum atomic E-state index is -5.26. The van der Waals surface area contributed by atoms with Crippen LogP contribution < -0.4 is 10.3 Å². The summed E-state index contributed by atoms with van der Waals surface area (Å²) < 4.78 is 84.5. The maximum absolute atomic E-state index is 13.2. The van der Waals surface area contributed by atoms with Gasteiger partial charge in [0.2, 0.25) is 0 Å². The highest BCUT2D eigenvalue weighted by Crippen LogP contribution is 2.40. The summed E-state index contributed by atoms with van der Waals surface area (Å²) in [4.78, 5) is 25.0. The largest absolute Gasteiger partial charge is 0.497 e. The van der Waals surface area contributed by atoms with Gasteiger partial charge in [0.15, 0.2) is 5.78 Å². The van der Waals surface area contributed by atoms with Gasteiger partial charge in [0.1, 0.15) is 11.8 Å². The molecule has 0 bridgehead atoms. The summed E-state index contributed by atoms with van der Waals surface area (Å²) in [5.74, 6) is -0.172. The van der Waals surface area contributed by atoms with Crippen LogP contribution >= 0.6 is 0 Å². The highest BCUT2D eigenvalue weighted by molar-refractivity contribution is 5.84. The number of nitrogens with zero attached hydrogens (tertiary/aromatic N) is 2. The van der Waals surface area contributed by atoms with Crippen LogP contribution in [0.15, 0.2) is 59.4 Å². The van der Waals surface area contributed by atoms with Crippen LogP contribution in [0, 0.1) is 0 Å². The van der Waals surface area contributed by atoms with Crippen molar-refractivity contribution in [3.63, 3.8) is 0 Å². The molecular formula is C23H18F6N2O3. The van der Waals surface area contributed by atoms with Gasteiger partial charge in [-0.25, -0.2) is 4.68 Å². The number of carbonyl (C=O) groups is 1. The zero-order valence-corrected chi connectivity index (χ0v) is 17.9. The van der Waals surface area contributed by atoms with E-state index >= 15 is 0 Å². The number of hydrogen-bond donors (Lipinski definition) is 0. The summed E-state index contributed by atoms with van der Waals surface area (Å²) in [6, 6.07) is 9.60. The van der Waals surface area contributed by atoms with Crippen LogP contribution in [0.5, 0.6) is 5.75 Å². The third-order valence-electron chi connectivity index (χ3n) is 5.10. The van der Waals surface area contributed by atoms with Crippen molar-refractivity contribution in [3.8, 4) is 17.0 Å². The summed E-state index contributed by atoms with van der Waals surface area (Å²) in [5.41, 5.74) is -3.69. The zero-order valence-electron chi connectivity index (χ0n) is 17.9. The van der Waals surface area contributed by atoms with Crippen molar-refractivity contribution in [1.29, 1.82) is 0 Å². The van der Waals surface area contributed by atoms with E-state index in [2.05, 4.69) is 5.10 Å². The van der Waals surface area contributed by atoms with Gasteiger partial charge in [0, 0.05) is 18.1 Å². The first-order valence-electron chi connectivity index (χ1n) is 9.85. The highest BCUT2D eigenvalue weighted by atomic mass is 19.4. The van der Waals surface area contributed by atoms with Crippen molar-refractivity contribution in [2.75, 3.05) is 7.11 Å². The minimum Gasteiger partial charge on any atom is -0.497 e. The van der Waals surface area contributed by atoms with Crippen LogP contribution in [-0.4, -0.2) is 22.7 Å². The Labute approximate surface area is 189 Å². The number of carbonyl (C=O) groups excluding carboxylic acids is 1. The molecule has 0 aliphatic carbocycles. The first kappa shape index (κ1) is 25.0. The van der Waals surface area contributed by atoms with Gasteiger partial charge in [-0.15, -0.1) is 0 Å². The predicted octanol–water partition coefficient (Wildman–Crippen LogP) is 5.33. The van der Waals surface area contributed by atoms with Crippen LogP contribution in [-0.2, 0) is 23.6 Å². The van der Waals surface area contributed by atoms with Gasteiger partial charge >= 0.3 is 12.4 Å². The topological polar surface area (TPSA) is 61.2 Å². The molecule has 1 atom stereocenters. The Hall–Kier alpha value is -3.63. The van der Waals surface area contributed by atoms with Crippen LogP contribution in [0.1, 0.15) is 29.7 Å². The Morgan fingerprint density at radius 3 is 2.26 bits per heavy atom. The van der Waals surface area contributed by atoms with Gasteiger partial charge in [-0.05, 0) is 42.8 Å². The molecule has 0 spiro atoms. The van der Waals surface area contributed by atoms with Crippen LogP contribution in [0.4, 0.5) is 26.3 Å². The Balaban J connectivity index is 1.91. The van der Waals surface area contributed by atoms with E-state index in [0.717, 1.165) is 10.7 Å². The fourth-order valence-electron chi connectivity index (χ4n) is 3.31. The molecule has 0 N–H and O–H groups in total. The first-order valence-corrected chi connectivity index (χ1v) is 9.85. The third-order valence-corrected chi connectivity index (χ3v) is 5.10. The van der Waals surface area contributed by atoms with Crippen molar-refractivity contribution in [2.45, 2.75) is 31.7 Å². The number of ketones is 1. The average Bonchev–Trinajstić information content (AvgIpc) is 2.77. The lowest BCUT2D eigenvalue weighted by atomic mass is 9.98. The van der Waals surface area contributed by atoms with Crippen molar-refractivity contribution in [3.05, 3.63) is 81.6 Å². The first-order chi connectivity index (χ1) is 15.8. The van der Waals surface area contributed by atoms with E-state index in [1.54, 1.807) is 24.3 Å². The molecule has 0 amide bonds. The third kappa shape index (κ3) is 5.46. The van der Waals surface area contributed by atoms with E-state index in [1.165, 1.54) is 26.2 Å². The van der Waals surface area contributed by atoms with Crippen molar-refractivity contribution in [2.24, 2.45) is 0 Å². The lowest BCUT2D eigenvalue weighted by Gasteiger charge is -2.17. The molecule has 3 rings (SSSR count). The van der Waals surface area contributed by atoms with E-state index in [9.17, 15) is 35.9 Å². The van der Waals surface area contributed by atoms with Crippen LogP contribution in [0.25, 0.3) is 11.3 Å². The average molecular weight is 484 g/mol. The highest BCUT2D eigenvalue weighted by Gasteiger charge is 2.43. The molecule has 11 heteroatoms. The second-order valence-electron chi connectivity index (χ2n) is 7.43. The Bertz CT molecular complexity index is 1260. The smallest absolute Gasteiger partial charge is 0.417 e. The van der Waals surface area contributed by atoms with Crippen molar-refractivity contribution in [1.82, 2.24) is 9.78 Å². The molecule has 1 aromatic heterocycles. The standard InChI is InChI=1S/C23H18F6N2O3/c1-13(31-21(33)9-8-19(30-31)15-4-3-5-16(12-15)34-2)20(32)11-14-6-7-17(22(24,25)26)18(10-14)23(27,28)29/h3-10,12-13H,11H2,1-2H3. The number of Topliss-reactive ketones (excluding diaryl/α,β-unsaturated/α-hetero) is 1. The molecule has 1 heterocycles. The molecule has 3 aromatic rings. The summed E-state index contributed by atoms with van der Waals surface area (Å²) in [5, 5.41) is 4.18. The fourth-order valence-corrected chi connectivity index (χ4v) is 3.31. The van der Waals surface area contributed by atoms with Gasteiger partial charge in [-0.2, -0.15) is 31.4 Å². The molecule has 5 nitrogen and oxygen atoms in total.